The van der Waals surface area contributed by atoms with Crippen LogP contribution in [-0.4, -0.2) is 25.3 Å². The average molecular weight is 241 g/mol. The molecule has 1 fully saturated rings. The van der Waals surface area contributed by atoms with Crippen LogP contribution in [0.4, 0.5) is 0 Å². The van der Waals surface area contributed by atoms with Crippen LogP contribution in [0.15, 0.2) is 0 Å². The van der Waals surface area contributed by atoms with Crippen molar-refractivity contribution in [3.63, 3.8) is 0 Å². The lowest BCUT2D eigenvalue weighted by Crippen LogP contribution is -2.37. The number of hydrogen-bond acceptors (Lipinski definition) is 2. The molecule has 2 heteroatoms. The van der Waals surface area contributed by atoms with E-state index in [0.717, 1.165) is 13.2 Å². The molecule has 0 aromatic heterocycles. The highest BCUT2D eigenvalue weighted by Crippen LogP contribution is 2.33. The van der Waals surface area contributed by atoms with E-state index in [2.05, 4.69) is 33.0 Å². The summed E-state index contributed by atoms with van der Waals surface area (Å²) in [5, 5.41) is 3.62. The molecule has 0 amide bonds. The highest BCUT2D eigenvalue weighted by atomic mass is 16.5. The van der Waals surface area contributed by atoms with E-state index in [9.17, 15) is 0 Å². The Morgan fingerprint density at radius 3 is 2.47 bits per heavy atom. The third-order valence-corrected chi connectivity index (χ3v) is 4.41. The molecule has 1 unspecified atom stereocenters. The molecule has 17 heavy (non-hydrogen) atoms. The topological polar surface area (TPSA) is 21.3 Å². The first-order chi connectivity index (χ1) is 8.12. The first-order valence-electron chi connectivity index (χ1n) is 7.47. The van der Waals surface area contributed by atoms with E-state index in [1.807, 2.05) is 0 Å². The van der Waals surface area contributed by atoms with Gasteiger partial charge in [0, 0.05) is 19.2 Å². The number of ether oxygens (including phenoxy) is 1. The molecule has 102 valence electrons. The second-order valence-electron chi connectivity index (χ2n) is 5.92. The summed E-state index contributed by atoms with van der Waals surface area (Å²) in [6, 6.07) is 0.593. The van der Waals surface area contributed by atoms with Crippen molar-refractivity contribution in [2.24, 2.45) is 5.41 Å². The molecule has 1 aliphatic rings. The van der Waals surface area contributed by atoms with E-state index in [1.165, 1.54) is 38.5 Å². The standard InChI is InChI=1S/C15H31NO/c1-5-15(6-2,12-16-13(3)4)10-9-14-8-7-11-17-14/h13-14,16H,5-12H2,1-4H3. The Morgan fingerprint density at radius 2 is 2.00 bits per heavy atom. The first-order valence-corrected chi connectivity index (χ1v) is 7.47. The molecule has 1 atom stereocenters. The predicted octanol–water partition coefficient (Wildman–Crippen LogP) is 3.75. The minimum atomic E-state index is 0.482. The zero-order chi connectivity index (χ0) is 12.7. The van der Waals surface area contributed by atoms with Gasteiger partial charge in [0.25, 0.3) is 0 Å². The van der Waals surface area contributed by atoms with Gasteiger partial charge in [0.2, 0.25) is 0 Å². The van der Waals surface area contributed by atoms with E-state index >= 15 is 0 Å². The Kier molecular flexibility index (Phi) is 6.50. The van der Waals surface area contributed by atoms with Gasteiger partial charge in [0.05, 0.1) is 6.10 Å². The van der Waals surface area contributed by atoms with Crippen LogP contribution in [-0.2, 0) is 4.74 Å². The van der Waals surface area contributed by atoms with Gasteiger partial charge < -0.3 is 10.1 Å². The monoisotopic (exact) mass is 241 g/mol. The highest BCUT2D eigenvalue weighted by Gasteiger charge is 2.28. The average Bonchev–Trinajstić information content (AvgIpc) is 2.83. The summed E-state index contributed by atoms with van der Waals surface area (Å²) in [6.07, 6.45) is 8.20. The van der Waals surface area contributed by atoms with Gasteiger partial charge in [0.15, 0.2) is 0 Å². The molecule has 1 saturated heterocycles. The zero-order valence-electron chi connectivity index (χ0n) is 12.2. The summed E-state index contributed by atoms with van der Waals surface area (Å²) in [7, 11) is 0. The van der Waals surface area contributed by atoms with Crippen LogP contribution >= 0.6 is 0 Å². The van der Waals surface area contributed by atoms with Crippen molar-refractivity contribution >= 4 is 0 Å². The SMILES string of the molecule is CCC(CC)(CCC1CCCO1)CNC(C)C. The molecule has 0 aromatic rings. The van der Waals surface area contributed by atoms with Gasteiger partial charge >= 0.3 is 0 Å². The summed E-state index contributed by atoms with van der Waals surface area (Å²) < 4.78 is 5.74. The van der Waals surface area contributed by atoms with E-state index < -0.39 is 0 Å². The van der Waals surface area contributed by atoms with Gasteiger partial charge in [-0.1, -0.05) is 27.7 Å². The fraction of sp³-hybridized carbons (Fsp3) is 1.00. The van der Waals surface area contributed by atoms with Crippen LogP contribution in [0.2, 0.25) is 0 Å². The maximum atomic E-state index is 5.74. The molecule has 0 bridgehead atoms. The van der Waals surface area contributed by atoms with E-state index in [4.69, 9.17) is 4.74 Å². The molecule has 0 aromatic carbocycles. The number of nitrogens with one attached hydrogen (secondary N) is 1. The van der Waals surface area contributed by atoms with Crippen LogP contribution in [0.25, 0.3) is 0 Å². The molecule has 0 spiro atoms. The summed E-state index contributed by atoms with van der Waals surface area (Å²) in [6.45, 7) is 11.3. The molecule has 2 nitrogen and oxygen atoms in total. The van der Waals surface area contributed by atoms with Crippen molar-refractivity contribution in [3.05, 3.63) is 0 Å². The summed E-state index contributed by atoms with van der Waals surface area (Å²) in [4.78, 5) is 0. The molecular formula is C15H31NO. The summed E-state index contributed by atoms with van der Waals surface area (Å²) >= 11 is 0. The Labute approximate surface area is 108 Å². The Morgan fingerprint density at radius 1 is 1.29 bits per heavy atom. The minimum Gasteiger partial charge on any atom is -0.378 e. The fourth-order valence-corrected chi connectivity index (χ4v) is 2.70. The predicted molar refractivity (Wildman–Crippen MR) is 74.4 cm³/mol. The second kappa shape index (κ2) is 7.38. The molecule has 0 saturated carbocycles. The van der Waals surface area contributed by atoms with Crippen molar-refractivity contribution in [1.29, 1.82) is 0 Å². The van der Waals surface area contributed by atoms with Crippen LogP contribution in [0.3, 0.4) is 0 Å². The van der Waals surface area contributed by atoms with Gasteiger partial charge in [0.1, 0.15) is 0 Å². The van der Waals surface area contributed by atoms with Crippen LogP contribution in [0.5, 0.6) is 0 Å². The number of hydrogen-bond donors (Lipinski definition) is 1. The summed E-state index contributed by atoms with van der Waals surface area (Å²) in [5.41, 5.74) is 0.482. The van der Waals surface area contributed by atoms with Gasteiger partial charge in [-0.05, 0) is 43.9 Å². The zero-order valence-corrected chi connectivity index (χ0v) is 12.2. The Bertz CT molecular complexity index is 193. The molecular weight excluding hydrogens is 210 g/mol. The van der Waals surface area contributed by atoms with Crippen molar-refractivity contribution in [2.75, 3.05) is 13.2 Å². The van der Waals surface area contributed by atoms with E-state index in [1.54, 1.807) is 0 Å². The normalized spacial score (nSPS) is 21.4. The fourth-order valence-electron chi connectivity index (χ4n) is 2.70. The lowest BCUT2D eigenvalue weighted by molar-refractivity contribution is 0.0841. The molecule has 0 radical (unpaired) electrons. The van der Waals surface area contributed by atoms with Crippen molar-refractivity contribution in [2.45, 2.75) is 78.4 Å². The molecule has 0 aliphatic carbocycles. The molecule has 1 rings (SSSR count). The summed E-state index contributed by atoms with van der Waals surface area (Å²) in [5.74, 6) is 0. The van der Waals surface area contributed by atoms with Crippen LogP contribution in [0.1, 0.15) is 66.2 Å². The minimum absolute atomic E-state index is 0.482. The van der Waals surface area contributed by atoms with Crippen LogP contribution in [0, 0.1) is 5.41 Å². The lowest BCUT2D eigenvalue weighted by atomic mass is 9.77. The smallest absolute Gasteiger partial charge is 0.0576 e. The van der Waals surface area contributed by atoms with Crippen LogP contribution < -0.4 is 5.32 Å². The molecule has 1 N–H and O–H groups in total. The second-order valence-corrected chi connectivity index (χ2v) is 5.92. The van der Waals surface area contributed by atoms with Gasteiger partial charge in [-0.2, -0.15) is 0 Å². The maximum absolute atomic E-state index is 5.74. The molecule has 1 heterocycles. The number of rotatable bonds is 8. The van der Waals surface area contributed by atoms with Gasteiger partial charge in [-0.3, -0.25) is 0 Å². The van der Waals surface area contributed by atoms with Gasteiger partial charge in [-0.15, -0.1) is 0 Å². The van der Waals surface area contributed by atoms with Crippen molar-refractivity contribution in [3.8, 4) is 0 Å². The van der Waals surface area contributed by atoms with Crippen molar-refractivity contribution in [1.82, 2.24) is 5.32 Å². The van der Waals surface area contributed by atoms with E-state index in [-0.39, 0.29) is 0 Å². The highest BCUT2D eigenvalue weighted by molar-refractivity contribution is 4.82. The first kappa shape index (κ1) is 15.0. The maximum Gasteiger partial charge on any atom is 0.0576 e. The van der Waals surface area contributed by atoms with Crippen molar-refractivity contribution < 1.29 is 4.74 Å². The third kappa shape index (κ3) is 4.97. The third-order valence-electron chi connectivity index (χ3n) is 4.41. The Balaban J connectivity index is 2.38. The van der Waals surface area contributed by atoms with Gasteiger partial charge in [-0.25, -0.2) is 0 Å². The lowest BCUT2D eigenvalue weighted by Gasteiger charge is -2.34. The van der Waals surface area contributed by atoms with E-state index in [0.29, 0.717) is 17.6 Å². The largest absolute Gasteiger partial charge is 0.378 e. The quantitative estimate of drug-likeness (QED) is 0.699. The molecule has 1 aliphatic heterocycles. The Hall–Kier alpha value is -0.0800.